The van der Waals surface area contributed by atoms with Gasteiger partial charge in [-0.1, -0.05) is 23.4 Å². The van der Waals surface area contributed by atoms with E-state index in [0.717, 1.165) is 31.1 Å². The maximum absolute atomic E-state index is 9.01. The van der Waals surface area contributed by atoms with Gasteiger partial charge >= 0.3 is 0 Å². The molecule has 1 unspecified atom stereocenters. The van der Waals surface area contributed by atoms with Crippen LogP contribution in [-0.2, 0) is 12.0 Å². The number of aliphatic hydroxyl groups excluding tert-OH is 1. The molecule has 26 heavy (non-hydrogen) atoms. The van der Waals surface area contributed by atoms with E-state index in [1.165, 1.54) is 5.56 Å². The minimum absolute atomic E-state index is 0.0284. The van der Waals surface area contributed by atoms with Gasteiger partial charge in [-0.05, 0) is 24.6 Å². The molecule has 3 aromatic rings. The zero-order valence-corrected chi connectivity index (χ0v) is 14.0. The lowest BCUT2D eigenvalue weighted by atomic mass is 9.82. The lowest BCUT2D eigenvalue weighted by Crippen LogP contribution is -2.32. The molecule has 0 aliphatic carbocycles. The molecule has 132 valence electrons. The van der Waals surface area contributed by atoms with Crippen LogP contribution >= 0.6 is 0 Å². The number of para-hydroxylation sites is 1. The maximum Gasteiger partial charge on any atom is 0.252 e. The first-order valence-electron chi connectivity index (χ1n) is 8.52. The van der Waals surface area contributed by atoms with E-state index in [4.69, 9.17) is 14.4 Å². The van der Waals surface area contributed by atoms with Gasteiger partial charge in [0.2, 0.25) is 5.82 Å². The molecule has 8 heteroatoms. The molecule has 1 spiro atoms. The van der Waals surface area contributed by atoms with Gasteiger partial charge in [0.25, 0.3) is 5.89 Å². The van der Waals surface area contributed by atoms with Gasteiger partial charge < -0.3 is 19.3 Å². The second-order valence-corrected chi connectivity index (χ2v) is 6.68. The fourth-order valence-electron chi connectivity index (χ4n) is 3.77. The van der Waals surface area contributed by atoms with E-state index in [1.807, 2.05) is 24.3 Å². The van der Waals surface area contributed by atoms with Crippen molar-refractivity contribution < 1.29 is 14.4 Å². The summed E-state index contributed by atoms with van der Waals surface area (Å²) in [5, 5.41) is 21.3. The van der Waals surface area contributed by atoms with Crippen molar-refractivity contribution >= 4 is 5.82 Å². The topological polar surface area (TPSA) is 97.4 Å². The van der Waals surface area contributed by atoms with Crippen molar-refractivity contribution in [3.8, 4) is 17.3 Å². The molecule has 2 aliphatic heterocycles. The van der Waals surface area contributed by atoms with E-state index in [2.05, 4.69) is 37.4 Å². The molecule has 0 saturated carbocycles. The first-order chi connectivity index (χ1) is 12.8. The summed E-state index contributed by atoms with van der Waals surface area (Å²) >= 11 is 0. The third-order valence-electron chi connectivity index (χ3n) is 5.12. The number of rotatable bonds is 3. The smallest absolute Gasteiger partial charge is 0.252 e. The molecular weight excluding hydrogens is 334 g/mol. The minimum Gasteiger partial charge on any atom is -0.492 e. The summed E-state index contributed by atoms with van der Waals surface area (Å²) < 4.78 is 10.8. The molecule has 1 N–H and O–H groups in total. The molecule has 0 bridgehead atoms. The molecule has 0 amide bonds. The van der Waals surface area contributed by atoms with Crippen LogP contribution in [0.4, 0.5) is 5.82 Å². The number of anilines is 1. The highest BCUT2D eigenvalue weighted by molar-refractivity contribution is 5.53. The average Bonchev–Trinajstić information content (AvgIpc) is 3.42. The highest BCUT2D eigenvalue weighted by atomic mass is 16.5. The molecule has 4 heterocycles. The third-order valence-corrected chi connectivity index (χ3v) is 5.12. The van der Waals surface area contributed by atoms with Crippen LogP contribution in [0.15, 0.2) is 40.9 Å². The van der Waals surface area contributed by atoms with Crippen molar-refractivity contribution in [2.75, 3.05) is 24.6 Å². The van der Waals surface area contributed by atoms with E-state index >= 15 is 0 Å². The van der Waals surface area contributed by atoms with Crippen LogP contribution in [0.2, 0.25) is 0 Å². The fourth-order valence-corrected chi connectivity index (χ4v) is 3.77. The van der Waals surface area contributed by atoms with Gasteiger partial charge in [0.15, 0.2) is 5.82 Å². The minimum atomic E-state index is -0.294. The lowest BCUT2D eigenvalue weighted by Gasteiger charge is -2.23. The van der Waals surface area contributed by atoms with Crippen molar-refractivity contribution in [2.24, 2.45) is 0 Å². The van der Waals surface area contributed by atoms with Gasteiger partial charge in [-0.15, -0.1) is 10.2 Å². The Morgan fingerprint density at radius 3 is 2.88 bits per heavy atom. The summed E-state index contributed by atoms with van der Waals surface area (Å²) in [5.41, 5.74) is 1.83. The Morgan fingerprint density at radius 2 is 2.08 bits per heavy atom. The first-order valence-corrected chi connectivity index (χ1v) is 8.52. The number of fused-ring (bicyclic) bond motifs is 2. The van der Waals surface area contributed by atoms with E-state index in [0.29, 0.717) is 18.1 Å². The second kappa shape index (κ2) is 5.77. The molecule has 0 radical (unpaired) electrons. The van der Waals surface area contributed by atoms with Crippen LogP contribution < -0.4 is 9.64 Å². The van der Waals surface area contributed by atoms with Crippen molar-refractivity contribution in [2.45, 2.75) is 18.4 Å². The predicted molar refractivity (Wildman–Crippen MR) is 91.7 cm³/mol. The summed E-state index contributed by atoms with van der Waals surface area (Å²) in [4.78, 5) is 6.28. The number of nitrogens with zero attached hydrogens (tertiary/aromatic N) is 5. The van der Waals surface area contributed by atoms with Gasteiger partial charge in [-0.2, -0.15) is 4.98 Å². The molecule has 1 fully saturated rings. The molecule has 2 aliphatic rings. The summed E-state index contributed by atoms with van der Waals surface area (Å²) in [6.45, 7) is 2.18. The summed E-state index contributed by atoms with van der Waals surface area (Å²) in [7, 11) is 0. The number of ether oxygens (including phenoxy) is 1. The second-order valence-electron chi connectivity index (χ2n) is 6.68. The van der Waals surface area contributed by atoms with Crippen LogP contribution in [0.5, 0.6) is 5.75 Å². The van der Waals surface area contributed by atoms with Gasteiger partial charge in [0.05, 0.1) is 12.0 Å². The number of aromatic nitrogens is 4. The Balaban J connectivity index is 1.37. The standard InChI is InChI=1S/C18H17N5O3/c24-9-16-19-17(22-26-16)13-5-6-15(21-20-13)23-8-7-18(10-23)11-25-14-4-2-1-3-12(14)18/h1-6,24H,7-11H2. The summed E-state index contributed by atoms with van der Waals surface area (Å²) in [6.07, 6.45) is 1.03. The quantitative estimate of drug-likeness (QED) is 0.759. The van der Waals surface area contributed by atoms with Crippen molar-refractivity contribution in [1.29, 1.82) is 0 Å². The number of benzene rings is 1. The van der Waals surface area contributed by atoms with Gasteiger partial charge in [-0.3, -0.25) is 0 Å². The highest BCUT2D eigenvalue weighted by Gasteiger charge is 2.46. The Kier molecular flexibility index (Phi) is 3.39. The molecule has 8 nitrogen and oxygen atoms in total. The molecule has 1 aromatic carbocycles. The third kappa shape index (κ3) is 2.33. The van der Waals surface area contributed by atoms with Crippen LogP contribution in [0, 0.1) is 0 Å². The lowest BCUT2D eigenvalue weighted by molar-refractivity contribution is 0.222. The van der Waals surface area contributed by atoms with Crippen molar-refractivity contribution in [3.05, 3.63) is 47.9 Å². The van der Waals surface area contributed by atoms with Crippen LogP contribution in [-0.4, -0.2) is 45.1 Å². The van der Waals surface area contributed by atoms with E-state index in [1.54, 1.807) is 0 Å². The van der Waals surface area contributed by atoms with Gasteiger partial charge in [0.1, 0.15) is 18.1 Å². The zero-order chi connectivity index (χ0) is 17.6. The summed E-state index contributed by atoms with van der Waals surface area (Å²) in [6, 6.07) is 12.0. The first kappa shape index (κ1) is 15.3. The van der Waals surface area contributed by atoms with Crippen molar-refractivity contribution in [1.82, 2.24) is 20.3 Å². The average molecular weight is 351 g/mol. The van der Waals surface area contributed by atoms with Gasteiger partial charge in [-0.25, -0.2) is 0 Å². The highest BCUT2D eigenvalue weighted by Crippen LogP contribution is 2.45. The summed E-state index contributed by atoms with van der Waals surface area (Å²) in [5.74, 6) is 2.30. The van der Waals surface area contributed by atoms with E-state index < -0.39 is 0 Å². The largest absolute Gasteiger partial charge is 0.492 e. The molecule has 1 saturated heterocycles. The Labute approximate surface area is 149 Å². The molecule has 2 aromatic heterocycles. The Bertz CT molecular complexity index is 942. The molecule has 5 rings (SSSR count). The number of hydrogen-bond acceptors (Lipinski definition) is 8. The molecular formula is C18H17N5O3. The van der Waals surface area contributed by atoms with Gasteiger partial charge in [0, 0.05) is 18.7 Å². The SMILES string of the molecule is OCc1nc(-c2ccc(N3CCC4(COc5ccccc54)C3)nn2)no1. The maximum atomic E-state index is 9.01. The Hall–Kier alpha value is -3.00. The predicted octanol–water partition coefficient (Wildman–Crippen LogP) is 1.56. The normalized spacial score (nSPS) is 21.2. The Morgan fingerprint density at radius 1 is 1.15 bits per heavy atom. The van der Waals surface area contributed by atoms with Crippen LogP contribution in [0.25, 0.3) is 11.5 Å². The van der Waals surface area contributed by atoms with Crippen molar-refractivity contribution in [3.63, 3.8) is 0 Å². The number of aliphatic hydroxyl groups is 1. The van der Waals surface area contributed by atoms with E-state index in [-0.39, 0.29) is 17.9 Å². The zero-order valence-electron chi connectivity index (χ0n) is 14.0. The van der Waals surface area contributed by atoms with Crippen LogP contribution in [0.3, 0.4) is 0 Å². The van der Waals surface area contributed by atoms with Crippen LogP contribution in [0.1, 0.15) is 17.9 Å². The fraction of sp³-hybridized carbons (Fsp3) is 0.333. The monoisotopic (exact) mass is 351 g/mol. The molecule has 1 atom stereocenters. The number of hydrogen-bond donors (Lipinski definition) is 1. The van der Waals surface area contributed by atoms with E-state index in [9.17, 15) is 0 Å².